The molecule has 2 amide bonds. The van der Waals surface area contributed by atoms with Crippen LogP contribution in [-0.2, 0) is 17.7 Å². The molecule has 41 heavy (non-hydrogen) atoms. The highest BCUT2D eigenvalue weighted by Crippen LogP contribution is 2.39. The number of para-hydroxylation sites is 2. The highest BCUT2D eigenvalue weighted by Gasteiger charge is 2.36. The van der Waals surface area contributed by atoms with Gasteiger partial charge in [-0.3, -0.25) is 0 Å². The van der Waals surface area contributed by atoms with Crippen LogP contribution in [0.5, 0.6) is 0 Å². The Morgan fingerprint density at radius 2 is 1.76 bits per heavy atom. The minimum atomic E-state index is -0.513. The number of rotatable bonds is 5. The van der Waals surface area contributed by atoms with E-state index in [1.165, 1.54) is 7.11 Å². The Morgan fingerprint density at radius 3 is 2.51 bits per heavy atom. The fourth-order valence-corrected chi connectivity index (χ4v) is 5.61. The summed E-state index contributed by atoms with van der Waals surface area (Å²) in [4.78, 5) is 28.6. The fourth-order valence-electron chi connectivity index (χ4n) is 5.61. The van der Waals surface area contributed by atoms with Crippen molar-refractivity contribution in [2.45, 2.75) is 32.9 Å². The second-order valence-corrected chi connectivity index (χ2v) is 10.1. The SMILES string of the molecule is CCc1nn(-c2ccccc2)c2c1CN(C(=O)Nc1ccccc1C(=O)OC)C(c1cccc(C)c1)c1cccn1-2. The first-order valence-corrected chi connectivity index (χ1v) is 13.7. The van der Waals surface area contributed by atoms with E-state index in [9.17, 15) is 9.59 Å². The number of hydrogen-bond acceptors (Lipinski definition) is 4. The van der Waals surface area contributed by atoms with E-state index in [0.29, 0.717) is 24.2 Å². The number of aryl methyl sites for hydroxylation is 2. The Hall–Kier alpha value is -5.11. The predicted molar refractivity (Wildman–Crippen MR) is 158 cm³/mol. The van der Waals surface area contributed by atoms with E-state index in [4.69, 9.17) is 9.84 Å². The average Bonchev–Trinajstić information content (AvgIpc) is 3.58. The molecular weight excluding hydrogens is 514 g/mol. The largest absolute Gasteiger partial charge is 0.465 e. The molecule has 0 fully saturated rings. The molecule has 6 rings (SSSR count). The maximum absolute atomic E-state index is 14.3. The van der Waals surface area contributed by atoms with Gasteiger partial charge in [-0.25, -0.2) is 14.3 Å². The van der Waals surface area contributed by atoms with Gasteiger partial charge in [-0.15, -0.1) is 0 Å². The van der Waals surface area contributed by atoms with Crippen molar-refractivity contribution in [1.82, 2.24) is 19.2 Å². The number of esters is 1. The number of aromatic nitrogens is 3. The Kier molecular flexibility index (Phi) is 6.89. The monoisotopic (exact) mass is 545 g/mol. The predicted octanol–water partition coefficient (Wildman–Crippen LogP) is 6.46. The molecule has 1 atom stereocenters. The number of methoxy groups -OCH3 is 1. The van der Waals surface area contributed by atoms with Crippen LogP contribution in [-0.4, -0.2) is 38.4 Å². The van der Waals surface area contributed by atoms with Crippen LogP contribution >= 0.6 is 0 Å². The van der Waals surface area contributed by atoms with Crippen LogP contribution in [0.4, 0.5) is 10.5 Å². The maximum Gasteiger partial charge on any atom is 0.339 e. The minimum Gasteiger partial charge on any atom is -0.465 e. The lowest BCUT2D eigenvalue weighted by Crippen LogP contribution is -2.38. The summed E-state index contributed by atoms with van der Waals surface area (Å²) in [5, 5.41) is 8.03. The number of carbonyl (C=O) groups excluding carboxylic acids is 2. The molecule has 0 spiro atoms. The second kappa shape index (κ2) is 10.8. The summed E-state index contributed by atoms with van der Waals surface area (Å²) in [5.74, 6) is 0.400. The summed E-state index contributed by atoms with van der Waals surface area (Å²) in [6, 6.07) is 28.5. The maximum atomic E-state index is 14.3. The molecule has 1 aliphatic rings. The number of nitrogens with zero attached hydrogens (tertiary/aromatic N) is 4. The Balaban J connectivity index is 1.54. The van der Waals surface area contributed by atoms with Gasteiger partial charge in [0.15, 0.2) is 0 Å². The molecule has 0 saturated carbocycles. The highest BCUT2D eigenvalue weighted by atomic mass is 16.5. The van der Waals surface area contributed by atoms with Crippen LogP contribution in [0.15, 0.2) is 97.2 Å². The summed E-state index contributed by atoms with van der Waals surface area (Å²) in [5.41, 5.74) is 6.54. The van der Waals surface area contributed by atoms with Crippen molar-refractivity contribution in [2.24, 2.45) is 0 Å². The third-order valence-corrected chi connectivity index (χ3v) is 7.50. The zero-order valence-corrected chi connectivity index (χ0v) is 23.2. The number of nitrogens with one attached hydrogen (secondary N) is 1. The molecule has 0 aliphatic carbocycles. The zero-order valence-electron chi connectivity index (χ0n) is 23.2. The molecule has 1 N–H and O–H groups in total. The first kappa shape index (κ1) is 26.1. The minimum absolute atomic E-state index is 0.292. The van der Waals surface area contributed by atoms with Crippen molar-refractivity contribution in [3.8, 4) is 11.5 Å². The molecule has 0 radical (unpaired) electrons. The van der Waals surface area contributed by atoms with E-state index in [0.717, 1.165) is 39.6 Å². The van der Waals surface area contributed by atoms with Gasteiger partial charge in [0, 0.05) is 11.8 Å². The summed E-state index contributed by atoms with van der Waals surface area (Å²) in [6.07, 6.45) is 2.74. The molecule has 5 aromatic rings. The fraction of sp³-hybridized carbons (Fsp3) is 0.182. The number of ether oxygens (including phenoxy) is 1. The smallest absolute Gasteiger partial charge is 0.339 e. The number of carbonyl (C=O) groups is 2. The quantitative estimate of drug-likeness (QED) is 0.257. The molecule has 3 aromatic carbocycles. The second-order valence-electron chi connectivity index (χ2n) is 10.1. The first-order chi connectivity index (χ1) is 20.0. The lowest BCUT2D eigenvalue weighted by molar-refractivity contribution is 0.0602. The van der Waals surface area contributed by atoms with Crippen molar-refractivity contribution in [3.63, 3.8) is 0 Å². The standard InChI is InChI=1S/C33H31N5O3/c1-4-27-26-21-37(33(40)34-28-17-9-8-16-25(28)32(39)41-3)30(23-13-10-12-22(2)20-23)29-18-11-19-36(29)31(26)38(35-27)24-14-6-5-7-15-24/h5-20,30H,4,21H2,1-3H3,(H,34,40). The van der Waals surface area contributed by atoms with Crippen LogP contribution in [0.25, 0.3) is 11.5 Å². The van der Waals surface area contributed by atoms with Gasteiger partial charge in [-0.1, -0.05) is 67.1 Å². The number of benzene rings is 3. The van der Waals surface area contributed by atoms with Gasteiger partial charge in [0.05, 0.1) is 48.0 Å². The van der Waals surface area contributed by atoms with Crippen LogP contribution in [0.2, 0.25) is 0 Å². The van der Waals surface area contributed by atoms with Crippen LogP contribution < -0.4 is 5.32 Å². The number of anilines is 1. The topological polar surface area (TPSA) is 81.4 Å². The first-order valence-electron chi connectivity index (χ1n) is 13.7. The molecule has 0 bridgehead atoms. The molecule has 206 valence electrons. The van der Waals surface area contributed by atoms with Gasteiger partial charge in [0.25, 0.3) is 0 Å². The van der Waals surface area contributed by atoms with E-state index in [1.807, 2.05) is 71.2 Å². The van der Waals surface area contributed by atoms with Crippen LogP contribution in [0, 0.1) is 6.92 Å². The van der Waals surface area contributed by atoms with E-state index >= 15 is 0 Å². The van der Waals surface area contributed by atoms with E-state index in [1.54, 1.807) is 24.3 Å². The molecule has 1 aliphatic heterocycles. The lowest BCUT2D eigenvalue weighted by Gasteiger charge is -2.31. The van der Waals surface area contributed by atoms with Gasteiger partial charge in [-0.05, 0) is 55.3 Å². The molecule has 0 saturated heterocycles. The number of hydrogen-bond donors (Lipinski definition) is 1. The summed E-state index contributed by atoms with van der Waals surface area (Å²) < 4.78 is 9.09. The van der Waals surface area contributed by atoms with Crippen molar-refractivity contribution < 1.29 is 14.3 Å². The van der Waals surface area contributed by atoms with Crippen molar-refractivity contribution in [1.29, 1.82) is 0 Å². The van der Waals surface area contributed by atoms with Gasteiger partial charge < -0.3 is 19.5 Å². The average molecular weight is 546 g/mol. The molecule has 8 heteroatoms. The third-order valence-electron chi connectivity index (χ3n) is 7.50. The Bertz CT molecular complexity index is 1740. The highest BCUT2D eigenvalue weighted by molar-refractivity contribution is 6.01. The number of amides is 2. The molecule has 8 nitrogen and oxygen atoms in total. The van der Waals surface area contributed by atoms with Crippen LogP contribution in [0.3, 0.4) is 0 Å². The van der Waals surface area contributed by atoms with Gasteiger partial charge in [0.2, 0.25) is 0 Å². The van der Waals surface area contributed by atoms with Crippen LogP contribution in [0.1, 0.15) is 51.4 Å². The Morgan fingerprint density at radius 1 is 0.976 bits per heavy atom. The molecule has 2 aromatic heterocycles. The third kappa shape index (κ3) is 4.67. The molecule has 3 heterocycles. The summed E-state index contributed by atoms with van der Waals surface area (Å²) in [7, 11) is 1.33. The number of fused-ring (bicyclic) bond motifs is 3. The van der Waals surface area contributed by atoms with Gasteiger partial charge in [0.1, 0.15) is 5.82 Å². The van der Waals surface area contributed by atoms with E-state index in [2.05, 4.69) is 35.0 Å². The summed E-state index contributed by atoms with van der Waals surface area (Å²) in [6.45, 7) is 4.44. The van der Waals surface area contributed by atoms with Gasteiger partial charge >= 0.3 is 12.0 Å². The number of urea groups is 1. The van der Waals surface area contributed by atoms with Crippen molar-refractivity contribution >= 4 is 17.7 Å². The van der Waals surface area contributed by atoms with Gasteiger partial charge in [-0.2, -0.15) is 5.10 Å². The summed E-state index contributed by atoms with van der Waals surface area (Å²) >= 11 is 0. The molecule has 1 unspecified atom stereocenters. The Labute approximate surface area is 238 Å². The normalized spacial score (nSPS) is 14.1. The zero-order chi connectivity index (χ0) is 28.5. The van der Waals surface area contributed by atoms with E-state index in [-0.39, 0.29) is 6.03 Å². The van der Waals surface area contributed by atoms with E-state index < -0.39 is 12.0 Å². The van der Waals surface area contributed by atoms with Crippen molar-refractivity contribution in [2.75, 3.05) is 12.4 Å². The molecular formula is C33H31N5O3. The van der Waals surface area contributed by atoms with Crippen molar-refractivity contribution in [3.05, 3.63) is 131 Å². The lowest BCUT2D eigenvalue weighted by atomic mass is 10.00.